The molecule has 1 aromatic carbocycles. The maximum Gasteiger partial charge on any atom is 0.432 e. The highest BCUT2D eigenvalue weighted by Crippen LogP contribution is 2.48. The van der Waals surface area contributed by atoms with Gasteiger partial charge in [-0.3, -0.25) is 20.1 Å². The molecule has 2 aromatic rings. The molecule has 39 heavy (non-hydrogen) atoms. The standard InChI is InChI=1S/C25H20F6N4O4/c1-3-38-22(36)18-17(14-7-5-13(10-32)6-8-14)19(23(37)39-4-2)21(33)35(20(18)25(29,30)31)16-9-15(11-34-12-16)24(26,27)28/h5-9,11-12,17,19,33H,3-4H2,1-2H3. The first-order chi connectivity index (χ1) is 18.3. The second-order valence-electron chi connectivity index (χ2n) is 8.07. The van der Waals surface area contributed by atoms with Gasteiger partial charge in [-0.15, -0.1) is 0 Å². The number of benzene rings is 1. The Morgan fingerprint density at radius 1 is 1.03 bits per heavy atom. The van der Waals surface area contributed by atoms with E-state index in [0.717, 1.165) is 0 Å². The van der Waals surface area contributed by atoms with E-state index in [1.807, 2.05) is 6.07 Å². The van der Waals surface area contributed by atoms with Crippen molar-refractivity contribution in [2.45, 2.75) is 32.1 Å². The van der Waals surface area contributed by atoms with Crippen LogP contribution in [0.5, 0.6) is 0 Å². The second kappa shape index (κ2) is 11.1. The Balaban J connectivity index is 2.46. The Morgan fingerprint density at radius 2 is 1.64 bits per heavy atom. The summed E-state index contributed by atoms with van der Waals surface area (Å²) >= 11 is 0. The third-order valence-corrected chi connectivity index (χ3v) is 5.67. The number of nitrogens with zero attached hydrogens (tertiary/aromatic N) is 3. The summed E-state index contributed by atoms with van der Waals surface area (Å²) in [6, 6.07) is 7.03. The first-order valence-corrected chi connectivity index (χ1v) is 11.3. The number of rotatable bonds is 6. The molecule has 2 atom stereocenters. The number of anilines is 1. The summed E-state index contributed by atoms with van der Waals surface area (Å²) in [7, 11) is 0. The van der Waals surface area contributed by atoms with Gasteiger partial charge >= 0.3 is 24.3 Å². The van der Waals surface area contributed by atoms with Crippen molar-refractivity contribution in [2.75, 3.05) is 18.1 Å². The SMILES string of the molecule is CCOC(=O)C1=C(C(F)(F)F)N(c2cncc(C(F)(F)F)c2)C(=N)C(C(=O)OCC)C1c1ccc(C#N)cc1. The van der Waals surface area contributed by atoms with Gasteiger partial charge in [-0.2, -0.15) is 31.6 Å². The molecule has 1 N–H and O–H groups in total. The number of esters is 2. The third-order valence-electron chi connectivity index (χ3n) is 5.67. The Labute approximate surface area is 218 Å². The molecule has 3 rings (SSSR count). The lowest BCUT2D eigenvalue weighted by molar-refractivity contribution is -0.147. The quantitative estimate of drug-likeness (QED) is 0.390. The van der Waals surface area contributed by atoms with Crippen LogP contribution in [0.4, 0.5) is 32.0 Å². The fourth-order valence-corrected chi connectivity index (χ4v) is 4.14. The summed E-state index contributed by atoms with van der Waals surface area (Å²) in [5.74, 6) is -7.53. The number of halogens is 6. The van der Waals surface area contributed by atoms with Gasteiger partial charge < -0.3 is 9.47 Å². The predicted molar refractivity (Wildman–Crippen MR) is 123 cm³/mol. The van der Waals surface area contributed by atoms with Crippen molar-refractivity contribution in [2.24, 2.45) is 5.92 Å². The van der Waals surface area contributed by atoms with E-state index in [0.29, 0.717) is 18.5 Å². The normalized spacial score (nSPS) is 18.0. The maximum atomic E-state index is 14.7. The van der Waals surface area contributed by atoms with Crippen molar-refractivity contribution >= 4 is 23.5 Å². The monoisotopic (exact) mass is 554 g/mol. The molecule has 2 heterocycles. The minimum absolute atomic E-state index is 0.0379. The lowest BCUT2D eigenvalue weighted by Crippen LogP contribution is -2.52. The number of pyridine rings is 1. The van der Waals surface area contributed by atoms with Gasteiger partial charge in [0.05, 0.1) is 47.9 Å². The molecule has 1 aliphatic rings. The number of hydrogen-bond donors (Lipinski definition) is 1. The highest BCUT2D eigenvalue weighted by Gasteiger charge is 2.55. The summed E-state index contributed by atoms with van der Waals surface area (Å²) in [6.07, 6.45) is -9.41. The van der Waals surface area contributed by atoms with Gasteiger partial charge in [-0.25, -0.2) is 4.79 Å². The molecular weight excluding hydrogens is 534 g/mol. The van der Waals surface area contributed by atoms with Gasteiger partial charge in [-0.05, 0) is 37.6 Å². The van der Waals surface area contributed by atoms with E-state index >= 15 is 0 Å². The maximum absolute atomic E-state index is 14.7. The smallest absolute Gasteiger partial charge is 0.432 e. The molecule has 0 amide bonds. The minimum atomic E-state index is -5.42. The second-order valence-corrected chi connectivity index (χ2v) is 8.07. The van der Waals surface area contributed by atoms with Gasteiger partial charge in [-0.1, -0.05) is 12.1 Å². The van der Waals surface area contributed by atoms with Gasteiger partial charge in [0, 0.05) is 12.1 Å². The third kappa shape index (κ3) is 5.87. The number of carbonyl (C=O) groups excluding carboxylic acids is 2. The number of alkyl halides is 6. The molecule has 1 aromatic heterocycles. The van der Waals surface area contributed by atoms with Crippen LogP contribution in [0.2, 0.25) is 0 Å². The van der Waals surface area contributed by atoms with Crippen molar-refractivity contribution in [1.29, 1.82) is 10.7 Å². The van der Waals surface area contributed by atoms with Crippen LogP contribution < -0.4 is 4.90 Å². The van der Waals surface area contributed by atoms with Crippen molar-refractivity contribution < 1.29 is 45.4 Å². The van der Waals surface area contributed by atoms with Crippen molar-refractivity contribution in [1.82, 2.24) is 4.98 Å². The number of nitrogens with one attached hydrogen (secondary N) is 1. The molecule has 0 saturated heterocycles. The van der Waals surface area contributed by atoms with Crippen LogP contribution in [0.3, 0.4) is 0 Å². The van der Waals surface area contributed by atoms with E-state index in [9.17, 15) is 35.9 Å². The lowest BCUT2D eigenvalue weighted by atomic mass is 9.75. The predicted octanol–water partition coefficient (Wildman–Crippen LogP) is 5.11. The van der Waals surface area contributed by atoms with Gasteiger partial charge in [0.25, 0.3) is 0 Å². The van der Waals surface area contributed by atoms with Crippen LogP contribution in [0.1, 0.15) is 36.5 Å². The highest BCUT2D eigenvalue weighted by atomic mass is 19.4. The molecule has 0 aliphatic carbocycles. The topological polar surface area (TPSA) is 116 Å². The van der Waals surface area contributed by atoms with E-state index in [4.69, 9.17) is 20.1 Å². The van der Waals surface area contributed by atoms with Gasteiger partial charge in [0.1, 0.15) is 17.5 Å². The molecular formula is C25H20F6N4O4. The Kier molecular flexibility index (Phi) is 8.33. The zero-order chi connectivity index (χ0) is 29.1. The van der Waals surface area contributed by atoms with Crippen LogP contribution in [0, 0.1) is 22.7 Å². The Morgan fingerprint density at radius 3 is 2.15 bits per heavy atom. The molecule has 1 aliphatic heterocycles. The average Bonchev–Trinajstić information content (AvgIpc) is 2.87. The van der Waals surface area contributed by atoms with E-state index < -0.39 is 64.5 Å². The Bertz CT molecular complexity index is 1350. The lowest BCUT2D eigenvalue weighted by Gasteiger charge is -2.41. The number of amidine groups is 1. The Hall–Kier alpha value is -4.41. The molecule has 0 spiro atoms. The van der Waals surface area contributed by atoms with Crippen molar-refractivity contribution in [3.63, 3.8) is 0 Å². The van der Waals surface area contributed by atoms with Gasteiger partial charge in [0.2, 0.25) is 0 Å². The minimum Gasteiger partial charge on any atom is -0.465 e. The summed E-state index contributed by atoms with van der Waals surface area (Å²) < 4.78 is 94.2. The summed E-state index contributed by atoms with van der Waals surface area (Å²) in [6.45, 7) is 2.10. The highest BCUT2D eigenvalue weighted by molar-refractivity contribution is 6.15. The zero-order valence-electron chi connectivity index (χ0n) is 20.4. The van der Waals surface area contributed by atoms with E-state index in [-0.39, 0.29) is 29.2 Å². The molecule has 2 unspecified atom stereocenters. The van der Waals surface area contributed by atoms with E-state index in [2.05, 4.69) is 4.98 Å². The fraction of sp³-hybridized carbons (Fsp3) is 0.320. The molecule has 0 fully saturated rings. The summed E-state index contributed by atoms with van der Waals surface area (Å²) in [5.41, 5.74) is -5.18. The molecule has 0 radical (unpaired) electrons. The zero-order valence-corrected chi connectivity index (χ0v) is 20.4. The molecule has 206 valence electrons. The van der Waals surface area contributed by atoms with Crippen LogP contribution in [-0.4, -0.2) is 42.1 Å². The first-order valence-electron chi connectivity index (χ1n) is 11.3. The van der Waals surface area contributed by atoms with Crippen LogP contribution in [0.15, 0.2) is 54.0 Å². The van der Waals surface area contributed by atoms with Gasteiger partial charge in [0.15, 0.2) is 0 Å². The number of aromatic nitrogens is 1. The van der Waals surface area contributed by atoms with Crippen molar-refractivity contribution in [3.05, 3.63) is 70.7 Å². The number of allylic oxidation sites excluding steroid dienone is 1. The van der Waals surface area contributed by atoms with E-state index in [1.54, 1.807) is 0 Å². The summed E-state index contributed by atoms with van der Waals surface area (Å²) in [5, 5.41) is 17.8. The van der Waals surface area contributed by atoms with Crippen LogP contribution in [0.25, 0.3) is 0 Å². The number of carbonyl (C=O) groups is 2. The number of nitriles is 1. The molecule has 8 nitrogen and oxygen atoms in total. The number of hydrogen-bond acceptors (Lipinski definition) is 7. The number of ether oxygens (including phenoxy) is 2. The largest absolute Gasteiger partial charge is 0.465 e. The van der Waals surface area contributed by atoms with Crippen molar-refractivity contribution in [3.8, 4) is 6.07 Å². The fourth-order valence-electron chi connectivity index (χ4n) is 4.14. The van der Waals surface area contributed by atoms with Crippen LogP contribution in [-0.2, 0) is 25.2 Å². The first kappa shape index (κ1) is 29.2. The average molecular weight is 554 g/mol. The molecule has 0 saturated carbocycles. The van der Waals surface area contributed by atoms with Crippen LogP contribution >= 0.6 is 0 Å². The molecule has 0 bridgehead atoms. The summed E-state index contributed by atoms with van der Waals surface area (Å²) in [4.78, 5) is 29.6. The van der Waals surface area contributed by atoms with E-state index in [1.165, 1.54) is 38.1 Å². The molecule has 14 heteroatoms.